The van der Waals surface area contributed by atoms with Crippen LogP contribution in [0, 0.1) is 0 Å². The van der Waals surface area contributed by atoms with Crippen LogP contribution in [0.4, 0.5) is 0 Å². The predicted molar refractivity (Wildman–Crippen MR) is 115 cm³/mol. The molecule has 0 atom stereocenters. The van der Waals surface area contributed by atoms with Crippen molar-refractivity contribution in [2.45, 2.75) is 31.3 Å². The molecule has 2 aromatic carbocycles. The maximum atomic E-state index is 11.6. The molecule has 3 rings (SSSR count). The average Bonchev–Trinajstić information content (AvgIpc) is 3.15. The van der Waals surface area contributed by atoms with Gasteiger partial charge in [0.15, 0.2) is 11.0 Å². The van der Waals surface area contributed by atoms with Crippen LogP contribution in [0.25, 0.3) is 17.1 Å². The lowest BCUT2D eigenvalue weighted by Gasteiger charge is -2.19. The fourth-order valence-corrected chi connectivity index (χ4v) is 3.60. The number of esters is 1. The van der Waals surface area contributed by atoms with Crippen LogP contribution in [0.1, 0.15) is 26.3 Å². The van der Waals surface area contributed by atoms with E-state index in [9.17, 15) is 4.79 Å². The zero-order chi connectivity index (χ0) is 21.0. The van der Waals surface area contributed by atoms with Gasteiger partial charge < -0.3 is 9.47 Å². The largest absolute Gasteiger partial charge is 0.497 e. The second-order valence-electron chi connectivity index (χ2n) is 7.53. The van der Waals surface area contributed by atoms with E-state index in [0.29, 0.717) is 11.0 Å². The Balaban J connectivity index is 2.04. The number of ether oxygens (including phenoxy) is 2. The van der Waals surface area contributed by atoms with Crippen molar-refractivity contribution in [2.75, 3.05) is 20.0 Å². The number of aromatic nitrogens is 3. The zero-order valence-corrected chi connectivity index (χ0v) is 18.1. The van der Waals surface area contributed by atoms with Crippen LogP contribution >= 0.6 is 11.8 Å². The summed E-state index contributed by atoms with van der Waals surface area (Å²) in [5.74, 6) is 1.33. The van der Waals surface area contributed by atoms with Gasteiger partial charge >= 0.3 is 5.97 Å². The minimum absolute atomic E-state index is 0.0731. The minimum Gasteiger partial charge on any atom is -0.497 e. The van der Waals surface area contributed by atoms with Crippen molar-refractivity contribution >= 4 is 17.7 Å². The lowest BCUT2D eigenvalue weighted by atomic mass is 9.87. The maximum absolute atomic E-state index is 11.6. The number of benzene rings is 2. The number of hydrogen-bond acceptors (Lipinski definition) is 6. The van der Waals surface area contributed by atoms with Crippen LogP contribution in [-0.2, 0) is 14.9 Å². The fourth-order valence-electron chi connectivity index (χ4n) is 2.82. The number of rotatable bonds is 6. The Morgan fingerprint density at radius 1 is 1.00 bits per heavy atom. The van der Waals surface area contributed by atoms with Crippen LogP contribution in [0.5, 0.6) is 5.75 Å². The topological polar surface area (TPSA) is 66.2 Å². The smallest absolute Gasteiger partial charge is 0.316 e. The summed E-state index contributed by atoms with van der Waals surface area (Å²) < 4.78 is 12.0. The van der Waals surface area contributed by atoms with Crippen molar-refractivity contribution in [3.8, 4) is 22.8 Å². The van der Waals surface area contributed by atoms with E-state index in [4.69, 9.17) is 9.47 Å². The van der Waals surface area contributed by atoms with E-state index < -0.39 is 0 Å². The molecule has 7 heteroatoms. The normalized spacial score (nSPS) is 11.3. The highest BCUT2D eigenvalue weighted by Gasteiger charge is 2.19. The maximum Gasteiger partial charge on any atom is 0.316 e. The molecule has 0 N–H and O–H groups in total. The Kier molecular flexibility index (Phi) is 6.27. The quantitative estimate of drug-likeness (QED) is 0.439. The SMILES string of the molecule is COC(=O)CSc1nnc(-c2ccc(C(C)(C)C)cc2)n1-c1ccc(OC)cc1. The molecule has 0 spiro atoms. The van der Waals surface area contributed by atoms with E-state index in [0.717, 1.165) is 17.0 Å². The molecule has 0 saturated carbocycles. The highest BCUT2D eigenvalue weighted by atomic mass is 32.2. The Morgan fingerprint density at radius 2 is 1.66 bits per heavy atom. The van der Waals surface area contributed by atoms with Gasteiger partial charge in [0.1, 0.15) is 5.75 Å². The molecular formula is C22H25N3O3S. The van der Waals surface area contributed by atoms with Crippen molar-refractivity contribution in [2.24, 2.45) is 0 Å². The van der Waals surface area contributed by atoms with Crippen molar-refractivity contribution in [1.82, 2.24) is 14.8 Å². The highest BCUT2D eigenvalue weighted by Crippen LogP contribution is 2.30. The third-order valence-corrected chi connectivity index (χ3v) is 5.42. The van der Waals surface area contributed by atoms with Crippen LogP contribution in [0.3, 0.4) is 0 Å². The zero-order valence-electron chi connectivity index (χ0n) is 17.3. The molecule has 0 fully saturated rings. The molecule has 152 valence electrons. The van der Waals surface area contributed by atoms with Gasteiger partial charge in [-0.2, -0.15) is 0 Å². The van der Waals surface area contributed by atoms with Crippen LogP contribution < -0.4 is 4.74 Å². The van der Waals surface area contributed by atoms with Crippen molar-refractivity contribution in [3.63, 3.8) is 0 Å². The molecule has 1 aromatic heterocycles. The molecule has 0 aliphatic heterocycles. The lowest BCUT2D eigenvalue weighted by molar-refractivity contribution is -0.137. The van der Waals surface area contributed by atoms with Crippen molar-refractivity contribution in [1.29, 1.82) is 0 Å². The molecular weight excluding hydrogens is 386 g/mol. The fraction of sp³-hybridized carbons (Fsp3) is 0.318. The second-order valence-corrected chi connectivity index (χ2v) is 8.47. The van der Waals surface area contributed by atoms with Crippen LogP contribution in [-0.4, -0.2) is 40.7 Å². The molecule has 0 aliphatic rings. The van der Waals surface area contributed by atoms with Gasteiger partial charge in [0.05, 0.1) is 20.0 Å². The Morgan fingerprint density at radius 3 is 2.21 bits per heavy atom. The molecule has 0 unspecified atom stereocenters. The molecule has 1 heterocycles. The molecule has 3 aromatic rings. The summed E-state index contributed by atoms with van der Waals surface area (Å²) in [6, 6.07) is 16.0. The van der Waals surface area contributed by atoms with Gasteiger partial charge in [0.2, 0.25) is 0 Å². The first-order valence-electron chi connectivity index (χ1n) is 9.24. The number of nitrogens with zero attached hydrogens (tertiary/aromatic N) is 3. The van der Waals surface area contributed by atoms with Crippen LogP contribution in [0.2, 0.25) is 0 Å². The summed E-state index contributed by atoms with van der Waals surface area (Å²) in [4.78, 5) is 11.6. The summed E-state index contributed by atoms with van der Waals surface area (Å²) in [5, 5.41) is 9.36. The molecule has 0 bridgehead atoms. The van der Waals surface area contributed by atoms with Gasteiger partial charge in [-0.3, -0.25) is 9.36 Å². The van der Waals surface area contributed by atoms with Crippen LogP contribution in [0.15, 0.2) is 53.7 Å². The van der Waals surface area contributed by atoms with Gasteiger partial charge in [-0.1, -0.05) is 56.8 Å². The number of hydrogen-bond donors (Lipinski definition) is 0. The standard InChI is InChI=1S/C22H25N3O3S/c1-22(2,3)16-8-6-15(7-9-16)20-23-24-21(29-14-19(26)28-5)25(20)17-10-12-18(27-4)13-11-17/h6-13H,14H2,1-5H3. The monoisotopic (exact) mass is 411 g/mol. The van der Waals surface area contributed by atoms with Crippen molar-refractivity contribution in [3.05, 3.63) is 54.1 Å². The summed E-state index contributed by atoms with van der Waals surface area (Å²) in [6.45, 7) is 6.55. The molecule has 0 aliphatic carbocycles. The molecule has 0 amide bonds. The molecule has 6 nitrogen and oxygen atoms in total. The highest BCUT2D eigenvalue weighted by molar-refractivity contribution is 7.99. The second kappa shape index (κ2) is 8.69. The Labute approximate surface area is 175 Å². The van der Waals surface area contributed by atoms with E-state index in [1.54, 1.807) is 7.11 Å². The summed E-state index contributed by atoms with van der Waals surface area (Å²) in [6.07, 6.45) is 0. The average molecular weight is 412 g/mol. The summed E-state index contributed by atoms with van der Waals surface area (Å²) >= 11 is 1.29. The van der Waals surface area contributed by atoms with Gasteiger partial charge in [0.25, 0.3) is 0 Å². The predicted octanol–water partition coefficient (Wildman–Crippen LogP) is 4.51. The Bertz CT molecular complexity index is 974. The summed E-state index contributed by atoms with van der Waals surface area (Å²) in [7, 11) is 3.01. The number of methoxy groups -OCH3 is 2. The first-order chi connectivity index (χ1) is 13.8. The Hall–Kier alpha value is -2.80. The third-order valence-electron chi connectivity index (χ3n) is 4.52. The van der Waals surface area contributed by atoms with E-state index in [-0.39, 0.29) is 17.1 Å². The van der Waals surface area contributed by atoms with E-state index >= 15 is 0 Å². The molecule has 0 saturated heterocycles. The van der Waals surface area contributed by atoms with Gasteiger partial charge in [-0.25, -0.2) is 0 Å². The first-order valence-corrected chi connectivity index (χ1v) is 10.2. The van der Waals surface area contributed by atoms with Gasteiger partial charge in [0, 0.05) is 11.3 Å². The lowest BCUT2D eigenvalue weighted by Crippen LogP contribution is -2.10. The third kappa shape index (κ3) is 4.79. The van der Waals surface area contributed by atoms with Crippen molar-refractivity contribution < 1.29 is 14.3 Å². The molecule has 29 heavy (non-hydrogen) atoms. The minimum atomic E-state index is -0.310. The summed E-state index contributed by atoms with van der Waals surface area (Å²) in [5.41, 5.74) is 3.16. The van der Waals surface area contributed by atoms with E-state index in [1.807, 2.05) is 28.8 Å². The number of carbonyl (C=O) groups excluding carboxylic acids is 1. The number of thioether (sulfide) groups is 1. The number of carbonyl (C=O) groups is 1. The van der Waals surface area contributed by atoms with E-state index in [2.05, 4.69) is 55.2 Å². The van der Waals surface area contributed by atoms with Gasteiger partial charge in [-0.15, -0.1) is 10.2 Å². The molecule has 0 radical (unpaired) electrons. The van der Waals surface area contributed by atoms with Gasteiger partial charge in [-0.05, 0) is 35.2 Å². The first kappa shape index (κ1) is 20.9. The van der Waals surface area contributed by atoms with E-state index in [1.165, 1.54) is 24.4 Å².